The lowest BCUT2D eigenvalue weighted by atomic mass is 10.3. The Balaban J connectivity index is 2.02. The van der Waals surface area contributed by atoms with Gasteiger partial charge in [-0.05, 0) is 31.4 Å². The number of anilines is 1. The Morgan fingerprint density at radius 2 is 2.25 bits per heavy atom. The number of amides is 1. The van der Waals surface area contributed by atoms with Crippen molar-refractivity contribution in [3.63, 3.8) is 0 Å². The van der Waals surface area contributed by atoms with Gasteiger partial charge in [0.1, 0.15) is 15.9 Å². The van der Waals surface area contributed by atoms with Gasteiger partial charge in [-0.1, -0.05) is 6.07 Å². The number of carboxylic acids is 1. The van der Waals surface area contributed by atoms with Gasteiger partial charge in [-0.15, -0.1) is 22.7 Å². The molecule has 24 heavy (non-hydrogen) atoms. The minimum absolute atomic E-state index is 0.187. The summed E-state index contributed by atoms with van der Waals surface area (Å²) >= 11 is 2.43. The van der Waals surface area contributed by atoms with E-state index in [0.29, 0.717) is 27.5 Å². The van der Waals surface area contributed by atoms with Crippen LogP contribution in [0.25, 0.3) is 10.2 Å². The number of aromatic nitrogens is 2. The van der Waals surface area contributed by atoms with Crippen molar-refractivity contribution >= 4 is 50.6 Å². The molecule has 0 aliphatic carbocycles. The molecule has 0 fully saturated rings. The summed E-state index contributed by atoms with van der Waals surface area (Å²) < 4.78 is 7.14. The zero-order chi connectivity index (χ0) is 17.3. The van der Waals surface area contributed by atoms with E-state index in [-0.39, 0.29) is 17.0 Å². The molecule has 3 rings (SSSR count). The summed E-state index contributed by atoms with van der Waals surface area (Å²) in [6, 6.07) is 5.03. The molecular weight excluding hydrogens is 350 g/mol. The average molecular weight is 365 g/mol. The van der Waals surface area contributed by atoms with E-state index < -0.39 is 5.97 Å². The van der Waals surface area contributed by atoms with Gasteiger partial charge in [-0.2, -0.15) is 5.10 Å². The molecule has 3 aromatic heterocycles. The molecule has 0 bridgehead atoms. The number of carboxylic acid groups (broad SMARTS) is 1. The molecule has 0 radical (unpaired) electrons. The van der Waals surface area contributed by atoms with E-state index in [9.17, 15) is 14.7 Å². The van der Waals surface area contributed by atoms with E-state index in [1.54, 1.807) is 16.8 Å². The predicted octanol–water partition coefficient (Wildman–Crippen LogP) is 3.66. The normalized spacial score (nSPS) is 12.4. The zero-order valence-electron chi connectivity index (χ0n) is 13.0. The number of fused-ring (bicyclic) bond motifs is 1. The SMILES string of the molecule is CCOC(C)n1nc(NC(=O)c2cccs2)c2cc(C(=O)O)sc21. The predicted molar refractivity (Wildman–Crippen MR) is 93.2 cm³/mol. The highest BCUT2D eigenvalue weighted by Gasteiger charge is 2.22. The lowest BCUT2D eigenvalue weighted by molar-refractivity contribution is 0.0197. The number of hydrogen-bond acceptors (Lipinski definition) is 6. The lowest BCUT2D eigenvalue weighted by Gasteiger charge is -2.12. The van der Waals surface area contributed by atoms with Gasteiger partial charge in [-0.3, -0.25) is 4.79 Å². The van der Waals surface area contributed by atoms with E-state index in [2.05, 4.69) is 10.4 Å². The van der Waals surface area contributed by atoms with E-state index in [1.807, 2.05) is 19.2 Å². The first-order chi connectivity index (χ1) is 11.5. The average Bonchev–Trinajstić information content (AvgIpc) is 3.24. The Morgan fingerprint density at radius 1 is 1.46 bits per heavy atom. The molecule has 0 aliphatic rings. The molecule has 1 unspecified atom stereocenters. The van der Waals surface area contributed by atoms with E-state index >= 15 is 0 Å². The molecule has 3 heterocycles. The highest BCUT2D eigenvalue weighted by molar-refractivity contribution is 7.20. The van der Waals surface area contributed by atoms with Crippen LogP contribution >= 0.6 is 22.7 Å². The molecule has 1 atom stereocenters. The number of ether oxygens (including phenoxy) is 1. The molecule has 0 aliphatic heterocycles. The Hall–Kier alpha value is -2.23. The molecule has 0 spiro atoms. The molecule has 0 aromatic carbocycles. The van der Waals surface area contributed by atoms with E-state index in [1.165, 1.54) is 17.4 Å². The largest absolute Gasteiger partial charge is 0.477 e. The fourth-order valence-corrected chi connectivity index (χ4v) is 3.90. The first-order valence-electron chi connectivity index (χ1n) is 7.23. The quantitative estimate of drug-likeness (QED) is 0.695. The van der Waals surface area contributed by atoms with Crippen LogP contribution in [0.15, 0.2) is 23.6 Å². The number of hydrogen-bond donors (Lipinski definition) is 2. The van der Waals surface area contributed by atoms with Crippen molar-refractivity contribution in [2.24, 2.45) is 0 Å². The molecule has 3 aromatic rings. The maximum atomic E-state index is 12.3. The first-order valence-corrected chi connectivity index (χ1v) is 8.92. The molecular formula is C15H15N3O4S2. The van der Waals surface area contributed by atoms with Crippen LogP contribution in [-0.2, 0) is 4.74 Å². The fourth-order valence-electron chi connectivity index (χ4n) is 2.26. The number of thiophene rings is 2. The van der Waals surface area contributed by atoms with Crippen LogP contribution in [0.1, 0.15) is 39.4 Å². The number of aromatic carboxylic acids is 1. The Labute approximate surface area is 145 Å². The maximum absolute atomic E-state index is 12.3. The van der Waals surface area contributed by atoms with Gasteiger partial charge in [0.15, 0.2) is 5.82 Å². The van der Waals surface area contributed by atoms with Crippen LogP contribution in [0.2, 0.25) is 0 Å². The Kier molecular flexibility index (Phi) is 4.65. The summed E-state index contributed by atoms with van der Waals surface area (Å²) in [5.41, 5.74) is 0. The van der Waals surface area contributed by atoms with Gasteiger partial charge >= 0.3 is 5.97 Å². The summed E-state index contributed by atoms with van der Waals surface area (Å²) in [6.07, 6.45) is -0.370. The third-order valence-electron chi connectivity index (χ3n) is 3.32. The van der Waals surface area contributed by atoms with Crippen LogP contribution in [0.5, 0.6) is 0 Å². The minimum atomic E-state index is -1.01. The monoisotopic (exact) mass is 365 g/mol. The van der Waals surface area contributed by atoms with Crippen molar-refractivity contribution in [3.8, 4) is 0 Å². The standard InChI is InChI=1S/C15H15N3O4S2/c1-3-22-8(2)18-14-9(7-11(24-14)15(20)21)12(17-18)16-13(19)10-5-4-6-23-10/h4-8H,3H2,1-2H3,(H,20,21)(H,16,17,19). The van der Waals surface area contributed by atoms with Gasteiger partial charge in [0.25, 0.3) is 5.91 Å². The number of nitrogens with one attached hydrogen (secondary N) is 1. The molecule has 2 N–H and O–H groups in total. The fraction of sp³-hybridized carbons (Fsp3) is 0.267. The summed E-state index contributed by atoms with van der Waals surface area (Å²) in [5.74, 6) is -0.954. The molecule has 9 heteroatoms. The summed E-state index contributed by atoms with van der Waals surface area (Å²) in [5, 5.41) is 18.8. The Bertz CT molecular complexity index is 882. The highest BCUT2D eigenvalue weighted by Crippen LogP contribution is 2.34. The van der Waals surface area contributed by atoms with Gasteiger partial charge < -0.3 is 15.2 Å². The second-order valence-electron chi connectivity index (χ2n) is 4.91. The van der Waals surface area contributed by atoms with Crippen LogP contribution in [-0.4, -0.2) is 33.4 Å². The molecule has 0 saturated heterocycles. The van der Waals surface area contributed by atoms with Gasteiger partial charge in [0, 0.05) is 6.61 Å². The van der Waals surface area contributed by atoms with Crippen LogP contribution in [0.3, 0.4) is 0 Å². The minimum Gasteiger partial charge on any atom is -0.477 e. The number of rotatable bonds is 6. The van der Waals surface area contributed by atoms with Gasteiger partial charge in [-0.25, -0.2) is 9.48 Å². The second-order valence-corrected chi connectivity index (χ2v) is 6.89. The highest BCUT2D eigenvalue weighted by atomic mass is 32.1. The van der Waals surface area contributed by atoms with E-state index in [4.69, 9.17) is 4.74 Å². The van der Waals surface area contributed by atoms with Crippen molar-refractivity contribution in [3.05, 3.63) is 33.3 Å². The maximum Gasteiger partial charge on any atom is 0.345 e. The third-order valence-corrected chi connectivity index (χ3v) is 5.30. The van der Waals surface area contributed by atoms with Crippen molar-refractivity contribution in [1.29, 1.82) is 0 Å². The van der Waals surface area contributed by atoms with Crippen LogP contribution in [0, 0.1) is 0 Å². The topological polar surface area (TPSA) is 93.5 Å². The molecule has 126 valence electrons. The van der Waals surface area contributed by atoms with Crippen molar-refractivity contribution < 1.29 is 19.4 Å². The van der Waals surface area contributed by atoms with Crippen molar-refractivity contribution in [2.75, 3.05) is 11.9 Å². The lowest BCUT2D eigenvalue weighted by Crippen LogP contribution is -2.13. The molecule has 0 saturated carbocycles. The summed E-state index contributed by atoms with van der Waals surface area (Å²) in [7, 11) is 0. The third kappa shape index (κ3) is 3.05. The Morgan fingerprint density at radius 3 is 2.88 bits per heavy atom. The smallest absolute Gasteiger partial charge is 0.345 e. The van der Waals surface area contributed by atoms with Crippen LogP contribution < -0.4 is 5.32 Å². The summed E-state index contributed by atoms with van der Waals surface area (Å²) in [4.78, 5) is 24.9. The van der Waals surface area contributed by atoms with Crippen molar-refractivity contribution in [2.45, 2.75) is 20.1 Å². The summed E-state index contributed by atoms with van der Waals surface area (Å²) in [6.45, 7) is 4.19. The second kappa shape index (κ2) is 6.71. The number of carbonyl (C=O) groups is 2. The number of nitrogens with zero attached hydrogens (tertiary/aromatic N) is 2. The van der Waals surface area contributed by atoms with E-state index in [0.717, 1.165) is 11.3 Å². The molecule has 7 nitrogen and oxygen atoms in total. The van der Waals surface area contributed by atoms with Crippen molar-refractivity contribution in [1.82, 2.24) is 9.78 Å². The van der Waals surface area contributed by atoms with Gasteiger partial charge in [0.05, 0.1) is 10.3 Å². The first kappa shape index (κ1) is 16.6. The van der Waals surface area contributed by atoms with Crippen LogP contribution in [0.4, 0.5) is 5.82 Å². The van der Waals surface area contributed by atoms with Gasteiger partial charge in [0.2, 0.25) is 0 Å². The number of carbonyl (C=O) groups excluding carboxylic acids is 1. The molecule has 1 amide bonds. The zero-order valence-corrected chi connectivity index (χ0v) is 14.6.